The standard InChI is InChI=1S/C12H25N4O6PS3/c1-7-9(23(24,20-4)21-5)15-26(19)8-13-12(18)22-14-10(25-6)11(17)16(2)3/h9,15H,7-8H2,1-6H3,(H,13,18). The molecule has 0 saturated heterocycles. The maximum atomic E-state index is 12.1. The zero-order chi connectivity index (χ0) is 20.3. The number of oxime groups is 1. The van der Waals surface area contributed by atoms with Crippen LogP contribution in [0, 0.1) is 0 Å². The second-order valence-corrected chi connectivity index (χ2v) is 10.8. The molecule has 0 aliphatic heterocycles. The van der Waals surface area contributed by atoms with E-state index in [9.17, 15) is 14.1 Å². The van der Waals surface area contributed by atoms with Gasteiger partial charge >= 0.3 is 6.09 Å². The molecule has 0 aromatic heterocycles. The molecule has 0 rings (SSSR count). The highest BCUT2D eigenvalue weighted by Crippen LogP contribution is 2.52. The third-order valence-corrected chi connectivity index (χ3v) is 8.58. The van der Waals surface area contributed by atoms with Gasteiger partial charge in [-0.05, 0) is 24.5 Å². The largest absolute Gasteiger partial charge is 0.597 e. The van der Waals surface area contributed by atoms with Gasteiger partial charge in [-0.3, -0.25) is 14.9 Å². The summed E-state index contributed by atoms with van der Waals surface area (Å²) >= 11 is 4.71. The summed E-state index contributed by atoms with van der Waals surface area (Å²) in [6.45, 7) is -0.781. The lowest BCUT2D eigenvalue weighted by atomic mass is 10.5. The number of carbonyl (C=O) groups excluding carboxylic acids is 2. The van der Waals surface area contributed by atoms with Gasteiger partial charge in [0.2, 0.25) is 17.4 Å². The van der Waals surface area contributed by atoms with E-state index in [1.54, 1.807) is 20.4 Å². The molecule has 0 saturated carbocycles. The average Bonchev–Trinajstić information content (AvgIpc) is 2.63. The van der Waals surface area contributed by atoms with Gasteiger partial charge in [0.25, 0.3) is 5.91 Å². The first-order valence-electron chi connectivity index (χ1n) is 7.29. The Bertz CT molecular complexity index is 543. The molecule has 0 aliphatic carbocycles. The molecule has 2 atom stereocenters. The molecule has 0 aliphatic rings. The van der Waals surface area contributed by atoms with Crippen LogP contribution in [0.2, 0.25) is 0 Å². The Morgan fingerprint density at radius 2 is 1.96 bits per heavy atom. The van der Waals surface area contributed by atoms with Gasteiger partial charge in [0.1, 0.15) is 5.78 Å². The summed E-state index contributed by atoms with van der Waals surface area (Å²) in [5, 5.41) is 5.78. The predicted octanol–water partition coefficient (Wildman–Crippen LogP) is 1.03. The molecule has 2 unspecified atom stereocenters. The Morgan fingerprint density at radius 1 is 1.38 bits per heavy atom. The summed E-state index contributed by atoms with van der Waals surface area (Å²) < 4.78 is 25.3. The molecule has 2 amide bonds. The maximum absolute atomic E-state index is 12.1. The van der Waals surface area contributed by atoms with Gasteiger partial charge < -0.3 is 18.5 Å². The summed E-state index contributed by atoms with van der Waals surface area (Å²) in [6.07, 6.45) is 1.22. The monoisotopic (exact) mass is 448 g/mol. The molecule has 10 nitrogen and oxygen atoms in total. The van der Waals surface area contributed by atoms with Gasteiger partial charge in [0, 0.05) is 28.3 Å². The summed E-state index contributed by atoms with van der Waals surface area (Å²) in [5.74, 6) is -1.08. The van der Waals surface area contributed by atoms with E-state index in [2.05, 4.69) is 20.0 Å². The van der Waals surface area contributed by atoms with Crippen molar-refractivity contribution >= 4 is 58.5 Å². The van der Waals surface area contributed by atoms with Crippen molar-refractivity contribution in [2.24, 2.45) is 5.16 Å². The third-order valence-electron chi connectivity index (χ3n) is 2.89. The van der Waals surface area contributed by atoms with Gasteiger partial charge in [-0.15, -0.1) is 16.5 Å². The van der Waals surface area contributed by atoms with E-state index in [4.69, 9.17) is 20.9 Å². The lowest BCUT2D eigenvalue weighted by molar-refractivity contribution is -0.121. The first-order chi connectivity index (χ1) is 12.1. The molecule has 0 spiro atoms. The second kappa shape index (κ2) is 12.9. The van der Waals surface area contributed by atoms with E-state index >= 15 is 0 Å². The normalized spacial score (nSPS) is 14.5. The van der Waals surface area contributed by atoms with Gasteiger partial charge in [-0.1, -0.05) is 12.1 Å². The van der Waals surface area contributed by atoms with Crippen LogP contribution >= 0.6 is 18.3 Å². The summed E-state index contributed by atoms with van der Waals surface area (Å²) in [7, 11) is 5.97. The van der Waals surface area contributed by atoms with E-state index in [1.165, 1.54) is 19.1 Å². The highest BCUT2D eigenvalue weighted by Gasteiger charge is 2.31. The fraction of sp³-hybridized carbons (Fsp3) is 0.750. The third kappa shape index (κ3) is 8.53. The molecule has 152 valence electrons. The van der Waals surface area contributed by atoms with Gasteiger partial charge in [0.05, 0.1) is 11.4 Å². The van der Waals surface area contributed by atoms with Crippen molar-refractivity contribution in [1.82, 2.24) is 14.9 Å². The SMILES string of the molecule is CCC(N[S+]([O-])CNC(=O)ON=C(SC)C(=O)N(C)C)P(=S)(OC)OC. The summed E-state index contributed by atoms with van der Waals surface area (Å²) in [6, 6.07) is 0. The quantitative estimate of drug-likeness (QED) is 0.133. The minimum absolute atomic E-state index is 0.0105. The lowest BCUT2D eigenvalue weighted by Gasteiger charge is -2.27. The van der Waals surface area contributed by atoms with E-state index in [0.717, 1.165) is 11.8 Å². The van der Waals surface area contributed by atoms with Crippen LogP contribution in [-0.4, -0.2) is 72.7 Å². The average molecular weight is 449 g/mol. The molecule has 0 aromatic carbocycles. The van der Waals surface area contributed by atoms with Crippen molar-refractivity contribution in [1.29, 1.82) is 0 Å². The van der Waals surface area contributed by atoms with Crippen molar-refractivity contribution in [3.63, 3.8) is 0 Å². The Morgan fingerprint density at radius 3 is 2.38 bits per heavy atom. The Labute approximate surface area is 166 Å². The zero-order valence-electron chi connectivity index (χ0n) is 15.5. The lowest BCUT2D eigenvalue weighted by Crippen LogP contribution is -2.41. The first kappa shape index (κ1) is 25.6. The second-order valence-electron chi connectivity index (χ2n) is 4.79. The molecule has 14 heteroatoms. The molecule has 2 N–H and O–H groups in total. The number of thioether (sulfide) groups is 1. The van der Waals surface area contributed by atoms with Crippen molar-refractivity contribution in [2.75, 3.05) is 40.4 Å². The summed E-state index contributed by atoms with van der Waals surface area (Å²) in [4.78, 5) is 29.3. The number of rotatable bonds is 9. The van der Waals surface area contributed by atoms with Crippen LogP contribution in [0.25, 0.3) is 0 Å². The molecule has 26 heavy (non-hydrogen) atoms. The topological polar surface area (TPSA) is 125 Å². The molecule has 0 radical (unpaired) electrons. The van der Waals surface area contributed by atoms with Crippen LogP contribution in [0.4, 0.5) is 4.79 Å². The number of carbonyl (C=O) groups is 2. The van der Waals surface area contributed by atoms with Crippen LogP contribution in [0.3, 0.4) is 0 Å². The number of hydrogen-bond donors (Lipinski definition) is 2. The molecular weight excluding hydrogens is 423 g/mol. The molecule has 0 aromatic rings. The highest BCUT2D eigenvalue weighted by atomic mass is 32.5. The maximum Gasteiger partial charge on any atom is 0.437 e. The molecule has 0 heterocycles. The summed E-state index contributed by atoms with van der Waals surface area (Å²) in [5.41, 5.74) is 0. The minimum Gasteiger partial charge on any atom is -0.597 e. The van der Waals surface area contributed by atoms with Crippen LogP contribution in [-0.2, 0) is 41.8 Å². The smallest absolute Gasteiger partial charge is 0.437 e. The Hall–Kier alpha value is -0.400. The van der Waals surface area contributed by atoms with E-state index in [-0.39, 0.29) is 10.9 Å². The van der Waals surface area contributed by atoms with Crippen LogP contribution < -0.4 is 10.0 Å². The van der Waals surface area contributed by atoms with Crippen molar-refractivity contribution in [2.45, 2.75) is 19.1 Å². The number of nitrogens with one attached hydrogen (secondary N) is 2. The molecule has 0 bridgehead atoms. The molecular formula is C12H25N4O6PS3. The fourth-order valence-electron chi connectivity index (χ4n) is 1.49. The van der Waals surface area contributed by atoms with Crippen molar-refractivity contribution in [3.05, 3.63) is 0 Å². The zero-order valence-corrected chi connectivity index (χ0v) is 18.9. The predicted molar refractivity (Wildman–Crippen MR) is 108 cm³/mol. The highest BCUT2D eigenvalue weighted by molar-refractivity contribution is 8.15. The fourth-order valence-corrected chi connectivity index (χ4v) is 5.57. The Kier molecular flexibility index (Phi) is 12.7. The van der Waals surface area contributed by atoms with Crippen LogP contribution in [0.5, 0.6) is 0 Å². The van der Waals surface area contributed by atoms with Gasteiger partial charge in [-0.25, -0.2) is 4.79 Å². The first-order valence-corrected chi connectivity index (χ1v) is 12.5. The van der Waals surface area contributed by atoms with Crippen molar-refractivity contribution < 1.29 is 28.0 Å². The number of amides is 2. The van der Waals surface area contributed by atoms with Crippen molar-refractivity contribution in [3.8, 4) is 0 Å². The minimum atomic E-state index is -2.62. The number of nitrogens with zero attached hydrogens (tertiary/aromatic N) is 2. The molecule has 0 fully saturated rings. The number of hydrogen-bond acceptors (Lipinski definition) is 10. The van der Waals surface area contributed by atoms with E-state index in [0.29, 0.717) is 6.42 Å². The van der Waals surface area contributed by atoms with E-state index in [1.807, 2.05) is 6.92 Å². The van der Waals surface area contributed by atoms with Gasteiger partial charge in [0.15, 0.2) is 0 Å². The van der Waals surface area contributed by atoms with E-state index < -0.39 is 35.6 Å². The van der Waals surface area contributed by atoms with Crippen LogP contribution in [0.15, 0.2) is 5.16 Å². The van der Waals surface area contributed by atoms with Crippen LogP contribution in [0.1, 0.15) is 13.3 Å². The Balaban J connectivity index is 4.58. The van der Waals surface area contributed by atoms with Gasteiger partial charge in [-0.2, -0.15) is 0 Å².